The van der Waals surface area contributed by atoms with E-state index in [9.17, 15) is 9.90 Å². The van der Waals surface area contributed by atoms with E-state index < -0.39 is 5.60 Å². The SMILES string of the molecule is CC1(O)CC(N2C(=O)NCc3cc(OCCBr)cnc32)C1. The molecule has 0 bridgehead atoms. The lowest BCUT2D eigenvalue weighted by Crippen LogP contribution is -2.59. The van der Waals surface area contributed by atoms with Crippen molar-refractivity contribution in [3.63, 3.8) is 0 Å². The number of carbonyl (C=O) groups excluding carboxylic acids is 1. The lowest BCUT2D eigenvalue weighted by molar-refractivity contribution is -0.0292. The zero-order valence-corrected chi connectivity index (χ0v) is 13.4. The maximum atomic E-state index is 12.1. The molecule has 2 N–H and O–H groups in total. The van der Waals surface area contributed by atoms with Crippen molar-refractivity contribution in [3.05, 3.63) is 17.8 Å². The van der Waals surface area contributed by atoms with Crippen LogP contribution >= 0.6 is 15.9 Å². The molecule has 0 radical (unpaired) electrons. The average Bonchev–Trinajstić information content (AvgIpc) is 2.42. The second kappa shape index (κ2) is 5.46. The van der Waals surface area contributed by atoms with Crippen LogP contribution in [0.4, 0.5) is 10.6 Å². The molecule has 7 heteroatoms. The highest BCUT2D eigenvalue weighted by Gasteiger charge is 2.45. The van der Waals surface area contributed by atoms with Gasteiger partial charge < -0.3 is 15.2 Å². The smallest absolute Gasteiger partial charge is 0.323 e. The number of aliphatic hydroxyl groups is 1. The van der Waals surface area contributed by atoms with Gasteiger partial charge in [-0.1, -0.05) is 15.9 Å². The Kier molecular flexibility index (Phi) is 3.79. The summed E-state index contributed by atoms with van der Waals surface area (Å²) in [6.45, 7) is 2.81. The molecule has 2 heterocycles. The predicted octanol–water partition coefficient (Wildman–Crippen LogP) is 1.80. The van der Waals surface area contributed by atoms with Gasteiger partial charge in [-0.2, -0.15) is 0 Å². The van der Waals surface area contributed by atoms with Gasteiger partial charge in [0.1, 0.15) is 11.6 Å². The molecule has 1 aliphatic carbocycles. The zero-order chi connectivity index (χ0) is 15.0. The van der Waals surface area contributed by atoms with E-state index in [-0.39, 0.29) is 12.1 Å². The van der Waals surface area contributed by atoms with E-state index in [2.05, 4.69) is 26.2 Å². The Hall–Kier alpha value is -1.34. The lowest BCUT2D eigenvalue weighted by Gasteiger charge is -2.47. The number of hydrogen-bond acceptors (Lipinski definition) is 4. The molecule has 114 valence electrons. The number of ether oxygens (including phenoxy) is 1. The van der Waals surface area contributed by atoms with E-state index in [1.54, 1.807) is 18.0 Å². The Morgan fingerprint density at radius 1 is 1.62 bits per heavy atom. The number of pyridine rings is 1. The third-order valence-corrected chi connectivity index (χ3v) is 4.18. The standard InChI is InChI=1S/C14H18BrN3O3/c1-14(20)5-10(6-14)18-12-9(7-17-13(18)19)4-11(8-16-12)21-3-2-15/h4,8,10,20H,2-3,5-7H2,1H3,(H,17,19). The van der Waals surface area contributed by atoms with Crippen molar-refractivity contribution >= 4 is 27.8 Å². The van der Waals surface area contributed by atoms with Crippen LogP contribution in [-0.2, 0) is 6.54 Å². The number of urea groups is 1. The van der Waals surface area contributed by atoms with Gasteiger partial charge in [0.15, 0.2) is 0 Å². The molecule has 1 aliphatic heterocycles. The number of carbonyl (C=O) groups is 1. The summed E-state index contributed by atoms with van der Waals surface area (Å²) in [5, 5.41) is 13.5. The number of nitrogens with zero attached hydrogens (tertiary/aromatic N) is 2. The van der Waals surface area contributed by atoms with E-state index in [4.69, 9.17) is 4.74 Å². The van der Waals surface area contributed by atoms with Crippen molar-refractivity contribution in [1.82, 2.24) is 10.3 Å². The highest BCUT2D eigenvalue weighted by molar-refractivity contribution is 9.09. The van der Waals surface area contributed by atoms with Crippen molar-refractivity contribution in [3.8, 4) is 5.75 Å². The first kappa shape index (κ1) is 14.6. The molecule has 1 aromatic heterocycles. The van der Waals surface area contributed by atoms with Crippen LogP contribution < -0.4 is 15.0 Å². The van der Waals surface area contributed by atoms with Gasteiger partial charge in [-0.3, -0.25) is 4.90 Å². The summed E-state index contributed by atoms with van der Waals surface area (Å²) in [5.74, 6) is 1.37. The number of hydrogen-bond donors (Lipinski definition) is 2. The lowest BCUT2D eigenvalue weighted by atomic mass is 9.76. The molecule has 0 atom stereocenters. The number of aromatic nitrogens is 1. The van der Waals surface area contributed by atoms with Gasteiger partial charge in [0.25, 0.3) is 0 Å². The average molecular weight is 356 g/mol. The van der Waals surface area contributed by atoms with Crippen molar-refractivity contribution in [2.24, 2.45) is 0 Å². The molecule has 0 unspecified atom stereocenters. The molecular formula is C14H18BrN3O3. The molecule has 0 aromatic carbocycles. The van der Waals surface area contributed by atoms with Crippen LogP contribution in [0.2, 0.25) is 0 Å². The maximum absolute atomic E-state index is 12.1. The second-order valence-corrected chi connectivity index (χ2v) is 6.57. The third-order valence-electron chi connectivity index (χ3n) is 3.86. The molecule has 2 aliphatic rings. The number of fused-ring (bicyclic) bond motifs is 1. The topological polar surface area (TPSA) is 74.7 Å². The molecule has 2 amide bonds. The fourth-order valence-electron chi connectivity index (χ4n) is 2.89. The van der Waals surface area contributed by atoms with Gasteiger partial charge in [-0.25, -0.2) is 9.78 Å². The number of nitrogens with one attached hydrogen (secondary N) is 1. The second-order valence-electron chi connectivity index (χ2n) is 5.78. The molecular weight excluding hydrogens is 338 g/mol. The molecule has 0 spiro atoms. The Morgan fingerprint density at radius 2 is 2.38 bits per heavy atom. The van der Waals surface area contributed by atoms with Crippen LogP contribution in [0.15, 0.2) is 12.3 Å². The zero-order valence-electron chi connectivity index (χ0n) is 11.8. The van der Waals surface area contributed by atoms with Crippen molar-refractivity contribution in [1.29, 1.82) is 0 Å². The Morgan fingerprint density at radius 3 is 3.05 bits per heavy atom. The number of anilines is 1. The third kappa shape index (κ3) is 2.85. The van der Waals surface area contributed by atoms with Gasteiger partial charge in [0.2, 0.25) is 0 Å². The first-order valence-electron chi connectivity index (χ1n) is 6.97. The molecule has 0 saturated heterocycles. The van der Waals surface area contributed by atoms with E-state index in [1.807, 2.05) is 6.07 Å². The fraction of sp³-hybridized carbons (Fsp3) is 0.571. The quantitative estimate of drug-likeness (QED) is 0.807. The van der Waals surface area contributed by atoms with Crippen molar-refractivity contribution in [2.75, 3.05) is 16.8 Å². The van der Waals surface area contributed by atoms with E-state index in [0.717, 1.165) is 10.9 Å². The summed E-state index contributed by atoms with van der Waals surface area (Å²) in [4.78, 5) is 18.2. The first-order valence-corrected chi connectivity index (χ1v) is 8.09. The molecule has 1 fully saturated rings. The molecule has 6 nitrogen and oxygen atoms in total. The number of rotatable bonds is 4. The monoisotopic (exact) mass is 355 g/mol. The van der Waals surface area contributed by atoms with Crippen molar-refractivity contribution < 1.29 is 14.6 Å². The van der Waals surface area contributed by atoms with E-state index >= 15 is 0 Å². The summed E-state index contributed by atoms with van der Waals surface area (Å²) in [5.41, 5.74) is 0.259. The minimum atomic E-state index is -0.679. The van der Waals surface area contributed by atoms with Gasteiger partial charge >= 0.3 is 6.03 Å². The van der Waals surface area contributed by atoms with E-state index in [1.165, 1.54) is 0 Å². The normalized spacial score (nSPS) is 27.7. The van der Waals surface area contributed by atoms with Crippen LogP contribution in [0.3, 0.4) is 0 Å². The van der Waals surface area contributed by atoms with Crippen LogP contribution in [0.5, 0.6) is 5.75 Å². The molecule has 1 saturated carbocycles. The van der Waals surface area contributed by atoms with Crippen LogP contribution in [-0.4, -0.2) is 39.7 Å². The first-order chi connectivity index (χ1) is 10.00. The highest BCUT2D eigenvalue weighted by atomic mass is 79.9. The number of halogens is 1. The largest absolute Gasteiger partial charge is 0.491 e. The minimum Gasteiger partial charge on any atom is -0.491 e. The van der Waals surface area contributed by atoms with Gasteiger partial charge in [0, 0.05) is 23.5 Å². The van der Waals surface area contributed by atoms with Gasteiger partial charge in [-0.05, 0) is 25.8 Å². The molecule has 1 aromatic rings. The molecule has 3 rings (SSSR count). The summed E-state index contributed by atoms with van der Waals surface area (Å²) >= 11 is 3.31. The van der Waals surface area contributed by atoms with Crippen LogP contribution in [0.1, 0.15) is 25.3 Å². The Labute approximate surface area is 131 Å². The van der Waals surface area contributed by atoms with Crippen LogP contribution in [0, 0.1) is 0 Å². The van der Waals surface area contributed by atoms with Crippen molar-refractivity contribution in [2.45, 2.75) is 38.0 Å². The predicted molar refractivity (Wildman–Crippen MR) is 81.9 cm³/mol. The number of alkyl halides is 1. The summed E-state index contributed by atoms with van der Waals surface area (Å²) in [6.07, 6.45) is 2.79. The fourth-order valence-corrected chi connectivity index (χ4v) is 3.05. The summed E-state index contributed by atoms with van der Waals surface area (Å²) < 4.78 is 5.54. The van der Waals surface area contributed by atoms with Crippen LogP contribution in [0.25, 0.3) is 0 Å². The maximum Gasteiger partial charge on any atom is 0.323 e. The number of amides is 2. The molecule has 21 heavy (non-hydrogen) atoms. The Balaban J connectivity index is 1.83. The Bertz CT molecular complexity index is 556. The minimum absolute atomic E-state index is 0.000796. The highest BCUT2D eigenvalue weighted by Crippen LogP contribution is 2.39. The van der Waals surface area contributed by atoms with Gasteiger partial charge in [-0.15, -0.1) is 0 Å². The van der Waals surface area contributed by atoms with Gasteiger partial charge in [0.05, 0.1) is 18.4 Å². The summed E-state index contributed by atoms with van der Waals surface area (Å²) in [7, 11) is 0. The van der Waals surface area contributed by atoms with E-state index in [0.29, 0.717) is 37.6 Å². The summed E-state index contributed by atoms with van der Waals surface area (Å²) in [6, 6.07) is 1.76.